The molecule has 1 fully saturated rings. The lowest BCUT2D eigenvalue weighted by atomic mass is 9.87. The third-order valence-corrected chi connectivity index (χ3v) is 4.22. The zero-order valence-electron chi connectivity index (χ0n) is 13.2. The lowest BCUT2D eigenvalue weighted by Gasteiger charge is -2.22. The number of hydrogen-bond donors (Lipinski definition) is 2. The van der Waals surface area contributed by atoms with Gasteiger partial charge in [-0.05, 0) is 29.4 Å². The molecule has 0 saturated heterocycles. The second-order valence-corrected chi connectivity index (χ2v) is 6.99. The van der Waals surface area contributed by atoms with Crippen LogP contribution in [-0.2, 0) is 16.8 Å². The van der Waals surface area contributed by atoms with Crippen LogP contribution in [0.15, 0.2) is 24.3 Å². The fourth-order valence-corrected chi connectivity index (χ4v) is 2.71. The normalized spacial score (nSPS) is 17.1. The highest BCUT2D eigenvalue weighted by molar-refractivity contribution is 5.86. The molecule has 0 unspecified atom stereocenters. The van der Waals surface area contributed by atoms with E-state index in [1.54, 1.807) is 0 Å². The maximum Gasteiger partial charge on any atom is 0.240 e. The molecule has 1 aromatic rings. The van der Waals surface area contributed by atoms with E-state index in [2.05, 4.69) is 50.4 Å². The van der Waals surface area contributed by atoms with Crippen LogP contribution in [0.1, 0.15) is 57.6 Å². The Balaban J connectivity index is 0.00000220. The molecule has 1 saturated carbocycles. The summed E-state index contributed by atoms with van der Waals surface area (Å²) in [6, 6.07) is 8.43. The molecule has 0 aliphatic heterocycles. The predicted molar refractivity (Wildman–Crippen MR) is 89.6 cm³/mol. The van der Waals surface area contributed by atoms with Gasteiger partial charge in [0.1, 0.15) is 0 Å². The van der Waals surface area contributed by atoms with E-state index in [-0.39, 0.29) is 23.7 Å². The third-order valence-electron chi connectivity index (χ3n) is 4.22. The highest BCUT2D eigenvalue weighted by Gasteiger charge is 2.36. The first-order valence-electron chi connectivity index (χ1n) is 7.48. The van der Waals surface area contributed by atoms with Crippen molar-refractivity contribution in [2.45, 2.75) is 64.0 Å². The van der Waals surface area contributed by atoms with Gasteiger partial charge in [-0.25, -0.2) is 0 Å². The Bertz CT molecular complexity index is 471. The smallest absolute Gasteiger partial charge is 0.240 e. The van der Waals surface area contributed by atoms with E-state index in [0.29, 0.717) is 6.54 Å². The van der Waals surface area contributed by atoms with Gasteiger partial charge in [0.25, 0.3) is 0 Å². The van der Waals surface area contributed by atoms with Crippen LogP contribution in [0.4, 0.5) is 0 Å². The molecule has 0 aromatic heterocycles. The maximum absolute atomic E-state index is 12.1. The largest absolute Gasteiger partial charge is 0.350 e. The van der Waals surface area contributed by atoms with E-state index in [0.717, 1.165) is 31.2 Å². The van der Waals surface area contributed by atoms with Crippen molar-refractivity contribution in [3.05, 3.63) is 35.4 Å². The third kappa shape index (κ3) is 4.45. The van der Waals surface area contributed by atoms with Gasteiger partial charge < -0.3 is 11.1 Å². The summed E-state index contributed by atoms with van der Waals surface area (Å²) in [6.07, 6.45) is 3.73. The zero-order valence-corrected chi connectivity index (χ0v) is 14.1. The van der Waals surface area contributed by atoms with Crippen molar-refractivity contribution in [1.82, 2.24) is 5.32 Å². The van der Waals surface area contributed by atoms with E-state index in [4.69, 9.17) is 5.73 Å². The monoisotopic (exact) mass is 310 g/mol. The molecule has 0 heterocycles. The standard InChI is InChI=1S/C17H26N2O.ClH/c1-16(2,3)14-8-6-13(7-9-14)12-19-15(20)17(18)10-4-5-11-17;/h6-9H,4-5,10-12,18H2,1-3H3,(H,19,20);1H. The van der Waals surface area contributed by atoms with Crippen LogP contribution in [0.5, 0.6) is 0 Å². The van der Waals surface area contributed by atoms with Crippen LogP contribution in [0, 0.1) is 0 Å². The number of rotatable bonds is 3. The lowest BCUT2D eigenvalue weighted by molar-refractivity contribution is -0.126. The molecule has 1 aliphatic rings. The number of amides is 1. The minimum absolute atomic E-state index is 0. The van der Waals surface area contributed by atoms with Crippen molar-refractivity contribution in [1.29, 1.82) is 0 Å². The van der Waals surface area contributed by atoms with Gasteiger partial charge in [-0.2, -0.15) is 0 Å². The van der Waals surface area contributed by atoms with Crippen molar-refractivity contribution in [2.24, 2.45) is 5.73 Å². The van der Waals surface area contributed by atoms with E-state index in [9.17, 15) is 4.79 Å². The van der Waals surface area contributed by atoms with Gasteiger partial charge in [0, 0.05) is 6.54 Å². The van der Waals surface area contributed by atoms with Crippen LogP contribution in [-0.4, -0.2) is 11.4 Å². The molecule has 0 atom stereocenters. The van der Waals surface area contributed by atoms with Crippen molar-refractivity contribution in [3.63, 3.8) is 0 Å². The molecule has 0 spiro atoms. The molecule has 3 nitrogen and oxygen atoms in total. The molecule has 118 valence electrons. The Morgan fingerprint density at radius 2 is 1.71 bits per heavy atom. The van der Waals surface area contributed by atoms with Gasteiger partial charge >= 0.3 is 0 Å². The molecular weight excluding hydrogens is 284 g/mol. The first kappa shape index (κ1) is 18.0. The zero-order chi connectivity index (χ0) is 14.8. The molecule has 0 radical (unpaired) electrons. The summed E-state index contributed by atoms with van der Waals surface area (Å²) in [5.41, 5.74) is 8.08. The molecule has 21 heavy (non-hydrogen) atoms. The fraction of sp³-hybridized carbons (Fsp3) is 0.588. The quantitative estimate of drug-likeness (QED) is 0.900. The number of hydrogen-bond acceptors (Lipinski definition) is 2. The number of benzene rings is 1. The van der Waals surface area contributed by atoms with Gasteiger partial charge in [-0.1, -0.05) is 57.9 Å². The number of nitrogens with two attached hydrogens (primary N) is 1. The summed E-state index contributed by atoms with van der Waals surface area (Å²) in [7, 11) is 0. The maximum atomic E-state index is 12.1. The van der Waals surface area contributed by atoms with Crippen LogP contribution >= 0.6 is 12.4 Å². The first-order chi connectivity index (χ1) is 9.31. The molecule has 4 heteroatoms. The fourth-order valence-electron chi connectivity index (χ4n) is 2.71. The topological polar surface area (TPSA) is 55.1 Å². The summed E-state index contributed by atoms with van der Waals surface area (Å²) >= 11 is 0. The number of carbonyl (C=O) groups excluding carboxylic acids is 1. The Labute approximate surface area is 134 Å². The minimum atomic E-state index is -0.634. The number of nitrogens with one attached hydrogen (secondary N) is 1. The molecule has 3 N–H and O–H groups in total. The molecule has 1 aromatic carbocycles. The molecule has 2 rings (SSSR count). The lowest BCUT2D eigenvalue weighted by Crippen LogP contribution is -2.51. The minimum Gasteiger partial charge on any atom is -0.350 e. The summed E-state index contributed by atoms with van der Waals surface area (Å²) in [4.78, 5) is 12.1. The number of halogens is 1. The molecule has 0 bridgehead atoms. The second kappa shape index (κ2) is 6.80. The number of carbonyl (C=O) groups is 1. The van der Waals surface area contributed by atoms with Crippen LogP contribution < -0.4 is 11.1 Å². The Morgan fingerprint density at radius 1 is 1.19 bits per heavy atom. The van der Waals surface area contributed by atoms with Gasteiger partial charge in [0.05, 0.1) is 5.54 Å². The predicted octanol–water partition coefficient (Wildman–Crippen LogP) is 3.29. The van der Waals surface area contributed by atoms with Crippen molar-refractivity contribution >= 4 is 18.3 Å². The Morgan fingerprint density at radius 3 is 2.19 bits per heavy atom. The highest BCUT2D eigenvalue weighted by Crippen LogP contribution is 2.27. The van der Waals surface area contributed by atoms with Crippen molar-refractivity contribution in [3.8, 4) is 0 Å². The van der Waals surface area contributed by atoms with Crippen molar-refractivity contribution in [2.75, 3.05) is 0 Å². The van der Waals surface area contributed by atoms with Crippen molar-refractivity contribution < 1.29 is 4.79 Å². The first-order valence-corrected chi connectivity index (χ1v) is 7.48. The highest BCUT2D eigenvalue weighted by atomic mass is 35.5. The van der Waals surface area contributed by atoms with E-state index >= 15 is 0 Å². The SMILES string of the molecule is CC(C)(C)c1ccc(CNC(=O)C2(N)CCCC2)cc1.Cl. The molecule has 1 aliphatic carbocycles. The van der Waals surface area contributed by atoms with E-state index < -0.39 is 5.54 Å². The van der Waals surface area contributed by atoms with Gasteiger partial charge in [-0.15, -0.1) is 12.4 Å². The van der Waals surface area contributed by atoms with E-state index in [1.807, 2.05) is 0 Å². The van der Waals surface area contributed by atoms with Gasteiger partial charge in [0.15, 0.2) is 0 Å². The molecule has 1 amide bonds. The Hall–Kier alpha value is -1.06. The van der Waals surface area contributed by atoms with E-state index in [1.165, 1.54) is 5.56 Å². The molecular formula is C17H27ClN2O. The summed E-state index contributed by atoms with van der Waals surface area (Å²) < 4.78 is 0. The average molecular weight is 311 g/mol. The Kier molecular flexibility index (Phi) is 5.83. The van der Waals surface area contributed by atoms with Gasteiger partial charge in [0.2, 0.25) is 5.91 Å². The van der Waals surface area contributed by atoms with Crippen LogP contribution in [0.2, 0.25) is 0 Å². The summed E-state index contributed by atoms with van der Waals surface area (Å²) in [5.74, 6) is -0.00472. The van der Waals surface area contributed by atoms with Crippen LogP contribution in [0.25, 0.3) is 0 Å². The summed E-state index contributed by atoms with van der Waals surface area (Å²) in [6.45, 7) is 7.15. The summed E-state index contributed by atoms with van der Waals surface area (Å²) in [5, 5.41) is 2.98. The van der Waals surface area contributed by atoms with Crippen LogP contribution in [0.3, 0.4) is 0 Å². The second-order valence-electron chi connectivity index (χ2n) is 6.99. The van der Waals surface area contributed by atoms with Gasteiger partial charge in [-0.3, -0.25) is 4.79 Å². The average Bonchev–Trinajstić information content (AvgIpc) is 2.84.